The molecule has 2 aromatic carbocycles. The Morgan fingerprint density at radius 3 is 2.25 bits per heavy atom. The van der Waals surface area contributed by atoms with Gasteiger partial charge in [0.25, 0.3) is 0 Å². The molecule has 0 saturated carbocycles. The van der Waals surface area contributed by atoms with Crippen molar-refractivity contribution in [3.63, 3.8) is 0 Å². The molecule has 1 aromatic heterocycles. The molecular weight excluding hydrogens is 250 g/mol. The van der Waals surface area contributed by atoms with Crippen LogP contribution in [-0.2, 0) is 0 Å². The van der Waals surface area contributed by atoms with Gasteiger partial charge in [0.15, 0.2) is 0 Å². The second-order valence-corrected chi connectivity index (χ2v) is 4.29. The van der Waals surface area contributed by atoms with E-state index in [1.165, 1.54) is 0 Å². The molecule has 0 amide bonds. The Morgan fingerprint density at radius 2 is 1.55 bits per heavy atom. The number of rotatable bonds is 3. The average Bonchev–Trinajstić information content (AvgIpc) is 2.49. The zero-order valence-corrected chi connectivity index (χ0v) is 10.8. The Bertz CT molecular complexity index is 699. The monoisotopic (exact) mass is 264 g/mol. The van der Waals surface area contributed by atoms with Gasteiger partial charge in [-0.05, 0) is 16.8 Å². The number of nitrogens with zero attached hydrogens (tertiary/aromatic N) is 2. The van der Waals surface area contributed by atoms with E-state index >= 15 is 0 Å². The molecule has 0 fully saturated rings. The summed E-state index contributed by atoms with van der Waals surface area (Å²) in [6.45, 7) is 0. The largest absolute Gasteiger partial charge is 0.407 e. The van der Waals surface area contributed by atoms with Gasteiger partial charge in [-0.2, -0.15) is 0 Å². The standard InChI is InChI=1S/C16H13N3O/c17-13-11-16(20-15-9-5-2-6-10-15)19(18-12-13)14-7-3-1-4-8-14/h1-12,17H/p+1. The predicted molar refractivity (Wildman–Crippen MR) is 76.7 cm³/mol. The van der Waals surface area contributed by atoms with E-state index in [1.54, 1.807) is 16.9 Å². The van der Waals surface area contributed by atoms with Crippen LogP contribution in [0.15, 0.2) is 72.9 Å². The first-order chi connectivity index (χ1) is 9.83. The van der Waals surface area contributed by atoms with Gasteiger partial charge >= 0.3 is 5.88 Å². The highest BCUT2D eigenvalue weighted by Crippen LogP contribution is 2.19. The van der Waals surface area contributed by atoms with Crippen molar-refractivity contribution in [3.05, 3.63) is 72.9 Å². The van der Waals surface area contributed by atoms with Crippen molar-refractivity contribution < 1.29 is 9.42 Å². The van der Waals surface area contributed by atoms with E-state index in [0.29, 0.717) is 11.6 Å². The highest BCUT2D eigenvalue weighted by atomic mass is 16.5. The third-order valence-electron chi connectivity index (χ3n) is 2.79. The van der Waals surface area contributed by atoms with E-state index in [0.717, 1.165) is 11.4 Å². The topological polar surface area (TPSA) is 52.0 Å². The lowest BCUT2D eigenvalue weighted by Gasteiger charge is -2.04. The number of nitrogens with two attached hydrogens (primary N) is 1. The molecule has 0 aliphatic heterocycles. The molecular formula is C16H14N3O+. The van der Waals surface area contributed by atoms with Crippen molar-refractivity contribution in [1.82, 2.24) is 5.10 Å². The molecule has 0 spiro atoms. The third kappa shape index (κ3) is 2.59. The van der Waals surface area contributed by atoms with Crippen LogP contribution in [-0.4, -0.2) is 5.10 Å². The zero-order chi connectivity index (χ0) is 13.8. The summed E-state index contributed by atoms with van der Waals surface area (Å²) in [6.07, 6.45) is 1.60. The summed E-state index contributed by atoms with van der Waals surface area (Å²) in [7, 11) is 0. The van der Waals surface area contributed by atoms with Gasteiger partial charge < -0.3 is 10.5 Å². The Kier molecular flexibility index (Phi) is 3.29. The van der Waals surface area contributed by atoms with Gasteiger partial charge in [0.05, 0.1) is 11.8 Å². The number of aromatic nitrogens is 2. The number of hydrogen-bond acceptors (Lipinski definition) is 3. The Balaban J connectivity index is 2.03. The fourth-order valence-electron chi connectivity index (χ4n) is 1.87. The summed E-state index contributed by atoms with van der Waals surface area (Å²) in [5.41, 5.74) is 7.28. The lowest BCUT2D eigenvalue weighted by molar-refractivity contribution is -0.664. The molecule has 20 heavy (non-hydrogen) atoms. The third-order valence-corrected chi connectivity index (χ3v) is 2.79. The summed E-state index contributed by atoms with van der Waals surface area (Å²) in [5, 5.41) is 4.31. The SMILES string of the molecule is Nc1cn[n+](-c2ccccc2)c(Oc2ccccc2)c1. The molecule has 2 N–H and O–H groups in total. The van der Waals surface area contributed by atoms with Crippen molar-refractivity contribution in [3.8, 4) is 17.3 Å². The maximum atomic E-state index is 5.87. The molecule has 3 aromatic rings. The average molecular weight is 264 g/mol. The molecule has 0 atom stereocenters. The minimum Gasteiger partial charge on any atom is -0.403 e. The van der Waals surface area contributed by atoms with Crippen LogP contribution in [0, 0.1) is 0 Å². The summed E-state index contributed by atoms with van der Waals surface area (Å²) in [6, 6.07) is 21.1. The van der Waals surface area contributed by atoms with Crippen LogP contribution in [0.4, 0.5) is 5.69 Å². The van der Waals surface area contributed by atoms with Crippen LogP contribution in [0.25, 0.3) is 5.69 Å². The van der Waals surface area contributed by atoms with Crippen LogP contribution in [0.1, 0.15) is 0 Å². The predicted octanol–water partition coefficient (Wildman–Crippen LogP) is 2.73. The van der Waals surface area contributed by atoms with E-state index < -0.39 is 0 Å². The first kappa shape index (κ1) is 12.2. The maximum Gasteiger partial charge on any atom is 0.407 e. The number of para-hydroxylation sites is 2. The molecule has 3 rings (SSSR count). The van der Waals surface area contributed by atoms with Crippen LogP contribution < -0.4 is 15.2 Å². The highest BCUT2D eigenvalue weighted by molar-refractivity contribution is 5.38. The van der Waals surface area contributed by atoms with E-state index in [1.807, 2.05) is 60.7 Å². The molecule has 0 aliphatic carbocycles. The van der Waals surface area contributed by atoms with Crippen molar-refractivity contribution in [2.45, 2.75) is 0 Å². The maximum absolute atomic E-state index is 5.87. The van der Waals surface area contributed by atoms with Crippen LogP contribution >= 0.6 is 0 Å². The van der Waals surface area contributed by atoms with Gasteiger partial charge in [0, 0.05) is 17.2 Å². The van der Waals surface area contributed by atoms with Crippen LogP contribution in [0.2, 0.25) is 0 Å². The highest BCUT2D eigenvalue weighted by Gasteiger charge is 2.18. The smallest absolute Gasteiger partial charge is 0.403 e. The zero-order valence-electron chi connectivity index (χ0n) is 10.8. The first-order valence-electron chi connectivity index (χ1n) is 6.29. The quantitative estimate of drug-likeness (QED) is 0.740. The van der Waals surface area contributed by atoms with Crippen molar-refractivity contribution in [2.75, 3.05) is 5.73 Å². The van der Waals surface area contributed by atoms with Gasteiger partial charge in [-0.15, -0.1) is 0 Å². The number of ether oxygens (including phenoxy) is 1. The molecule has 0 radical (unpaired) electrons. The van der Waals surface area contributed by atoms with Crippen molar-refractivity contribution >= 4 is 5.69 Å². The summed E-state index contributed by atoms with van der Waals surface area (Å²) in [5.74, 6) is 1.31. The van der Waals surface area contributed by atoms with Crippen LogP contribution in [0.3, 0.4) is 0 Å². The van der Waals surface area contributed by atoms with E-state index in [2.05, 4.69) is 5.10 Å². The summed E-state index contributed by atoms with van der Waals surface area (Å²) in [4.78, 5) is 0. The lowest BCUT2D eigenvalue weighted by Crippen LogP contribution is -2.36. The molecule has 0 saturated heterocycles. The number of benzene rings is 2. The molecule has 4 nitrogen and oxygen atoms in total. The Labute approximate surface area is 117 Å². The molecule has 0 aliphatic rings. The fourth-order valence-corrected chi connectivity index (χ4v) is 1.87. The van der Waals surface area contributed by atoms with Gasteiger partial charge in [-0.25, -0.2) is 0 Å². The van der Waals surface area contributed by atoms with Gasteiger partial charge in [0.2, 0.25) is 5.69 Å². The van der Waals surface area contributed by atoms with Gasteiger partial charge in [-0.3, -0.25) is 0 Å². The van der Waals surface area contributed by atoms with Crippen molar-refractivity contribution in [2.24, 2.45) is 0 Å². The second kappa shape index (κ2) is 5.40. The van der Waals surface area contributed by atoms with Crippen molar-refractivity contribution in [1.29, 1.82) is 0 Å². The van der Waals surface area contributed by atoms with Crippen LogP contribution in [0.5, 0.6) is 11.6 Å². The molecule has 98 valence electrons. The van der Waals surface area contributed by atoms with E-state index in [4.69, 9.17) is 10.5 Å². The number of hydrogen-bond donors (Lipinski definition) is 1. The Hall–Kier alpha value is -2.88. The minimum absolute atomic E-state index is 0.558. The normalized spacial score (nSPS) is 10.2. The minimum atomic E-state index is 0.558. The molecule has 0 bridgehead atoms. The molecule has 1 heterocycles. The van der Waals surface area contributed by atoms with E-state index in [9.17, 15) is 0 Å². The molecule has 0 unspecified atom stereocenters. The first-order valence-corrected chi connectivity index (χ1v) is 6.29. The second-order valence-electron chi connectivity index (χ2n) is 4.29. The lowest BCUT2D eigenvalue weighted by atomic mass is 10.3. The fraction of sp³-hybridized carbons (Fsp3) is 0. The summed E-state index contributed by atoms with van der Waals surface area (Å²) < 4.78 is 7.58. The van der Waals surface area contributed by atoms with Gasteiger partial charge in [-0.1, -0.05) is 36.4 Å². The van der Waals surface area contributed by atoms with E-state index in [-0.39, 0.29) is 0 Å². The van der Waals surface area contributed by atoms with Gasteiger partial charge in [0.1, 0.15) is 11.9 Å². The Morgan fingerprint density at radius 1 is 0.900 bits per heavy atom. The number of anilines is 1. The summed E-state index contributed by atoms with van der Waals surface area (Å²) >= 11 is 0. The molecule has 4 heteroatoms. The number of nitrogen functional groups attached to an aromatic ring is 1.